The van der Waals surface area contributed by atoms with Crippen LogP contribution in [-0.2, 0) is 6.54 Å². The molecule has 2 fully saturated rings. The molecule has 2 aliphatic rings. The molecule has 1 spiro atoms. The average molecular weight is 486 g/mol. The van der Waals surface area contributed by atoms with Gasteiger partial charge in [0.25, 0.3) is 0 Å². The monoisotopic (exact) mass is 485 g/mol. The Morgan fingerprint density at radius 2 is 1.97 bits per heavy atom. The Morgan fingerprint density at radius 1 is 1.08 bits per heavy atom. The maximum absolute atomic E-state index is 5.07. The molecule has 1 aromatic carbocycles. The van der Waals surface area contributed by atoms with E-state index in [1.54, 1.807) is 6.20 Å². The van der Waals surface area contributed by atoms with Crippen molar-refractivity contribution in [2.45, 2.75) is 52.0 Å². The van der Waals surface area contributed by atoms with Crippen molar-refractivity contribution >= 4 is 17.5 Å². The maximum Gasteiger partial charge on any atom is 0.230 e. The highest BCUT2D eigenvalue weighted by Gasteiger charge is 2.37. The van der Waals surface area contributed by atoms with Gasteiger partial charge in [-0.1, -0.05) is 32.0 Å². The van der Waals surface area contributed by atoms with E-state index in [1.807, 2.05) is 33.7 Å². The van der Waals surface area contributed by atoms with E-state index in [9.17, 15) is 0 Å². The third-order valence-electron chi connectivity index (χ3n) is 7.69. The number of anilines is 2. The molecule has 2 aliphatic heterocycles. The van der Waals surface area contributed by atoms with Crippen molar-refractivity contribution in [1.29, 1.82) is 0 Å². The molecular weight excluding hydrogens is 450 g/mol. The first-order valence-electron chi connectivity index (χ1n) is 13.2. The fraction of sp³-hybridized carbons (Fsp3) is 0.481. The largest absolute Gasteiger partial charge is 0.350 e. The second kappa shape index (κ2) is 9.54. The Bertz CT molecular complexity index is 1310. The predicted molar refractivity (Wildman–Crippen MR) is 142 cm³/mol. The molecule has 188 valence electrons. The van der Waals surface area contributed by atoms with Crippen LogP contribution in [0, 0.1) is 5.41 Å². The molecule has 0 saturated carbocycles. The molecule has 0 amide bonds. The highest BCUT2D eigenvalue weighted by molar-refractivity contribution is 5.57. The van der Waals surface area contributed by atoms with Gasteiger partial charge in [0, 0.05) is 49.6 Å². The van der Waals surface area contributed by atoms with Crippen LogP contribution in [0.3, 0.4) is 0 Å². The van der Waals surface area contributed by atoms with Crippen LogP contribution in [-0.4, -0.2) is 55.5 Å². The third kappa shape index (κ3) is 4.32. The van der Waals surface area contributed by atoms with Crippen molar-refractivity contribution in [3.8, 4) is 5.69 Å². The normalized spacial score (nSPS) is 20.5. The molecule has 9 heteroatoms. The van der Waals surface area contributed by atoms with Crippen molar-refractivity contribution in [3.63, 3.8) is 0 Å². The number of hydrogen-bond acceptors (Lipinski definition) is 7. The van der Waals surface area contributed by atoms with E-state index in [1.165, 1.54) is 25.7 Å². The summed E-state index contributed by atoms with van der Waals surface area (Å²) >= 11 is 0. The van der Waals surface area contributed by atoms with E-state index in [2.05, 4.69) is 57.8 Å². The van der Waals surface area contributed by atoms with Crippen molar-refractivity contribution < 1.29 is 0 Å². The van der Waals surface area contributed by atoms with Crippen molar-refractivity contribution in [2.75, 3.05) is 36.4 Å². The molecule has 5 heterocycles. The number of piperidine rings is 2. The zero-order valence-corrected chi connectivity index (χ0v) is 21.2. The number of benzene rings is 1. The first kappa shape index (κ1) is 23.0. The van der Waals surface area contributed by atoms with Crippen LogP contribution in [0.4, 0.5) is 11.9 Å². The van der Waals surface area contributed by atoms with Gasteiger partial charge in [-0.3, -0.25) is 0 Å². The Hall–Kier alpha value is -3.46. The Morgan fingerprint density at radius 3 is 2.78 bits per heavy atom. The van der Waals surface area contributed by atoms with Crippen molar-refractivity contribution in [1.82, 2.24) is 34.7 Å². The first-order valence-corrected chi connectivity index (χ1v) is 13.2. The second-order valence-electron chi connectivity index (χ2n) is 10.6. The average Bonchev–Trinajstić information content (AvgIpc) is 3.58. The van der Waals surface area contributed by atoms with Crippen molar-refractivity contribution in [2.24, 2.45) is 5.41 Å². The lowest BCUT2D eigenvalue weighted by molar-refractivity contribution is 0.172. The highest BCUT2D eigenvalue weighted by atomic mass is 15.4. The number of nitrogens with zero attached hydrogens (tertiary/aromatic N) is 7. The lowest BCUT2D eigenvalue weighted by Crippen LogP contribution is -2.51. The number of nitrogens with one attached hydrogen (secondary N) is 2. The van der Waals surface area contributed by atoms with Gasteiger partial charge in [0.05, 0.1) is 11.9 Å². The molecule has 1 atom stereocenters. The summed E-state index contributed by atoms with van der Waals surface area (Å²) in [6, 6.07) is 10.2. The highest BCUT2D eigenvalue weighted by Crippen LogP contribution is 2.37. The lowest BCUT2D eigenvalue weighted by Gasteiger charge is -2.45. The number of fused-ring (bicyclic) bond motifs is 1. The van der Waals surface area contributed by atoms with Crippen molar-refractivity contribution in [3.05, 3.63) is 60.0 Å². The summed E-state index contributed by atoms with van der Waals surface area (Å²) in [4.78, 5) is 12.5. The number of para-hydroxylation sites is 1. The quantitative estimate of drug-likeness (QED) is 0.427. The van der Waals surface area contributed by atoms with E-state index in [0.717, 1.165) is 60.5 Å². The smallest absolute Gasteiger partial charge is 0.230 e. The fourth-order valence-corrected chi connectivity index (χ4v) is 5.77. The zero-order chi connectivity index (χ0) is 24.5. The van der Waals surface area contributed by atoms with Gasteiger partial charge < -0.3 is 15.5 Å². The van der Waals surface area contributed by atoms with Gasteiger partial charge >= 0.3 is 0 Å². The summed E-state index contributed by atoms with van der Waals surface area (Å²) in [7, 11) is 0. The third-order valence-corrected chi connectivity index (χ3v) is 7.69. The summed E-state index contributed by atoms with van der Waals surface area (Å²) in [5.74, 6) is 1.85. The molecule has 4 aromatic rings. The van der Waals surface area contributed by atoms with E-state index in [-0.39, 0.29) is 0 Å². The predicted octanol–water partition coefficient (Wildman–Crippen LogP) is 4.02. The second-order valence-corrected chi connectivity index (χ2v) is 10.6. The molecule has 2 saturated heterocycles. The Kier molecular flexibility index (Phi) is 6.08. The molecule has 36 heavy (non-hydrogen) atoms. The first-order chi connectivity index (χ1) is 17.6. The minimum Gasteiger partial charge on any atom is -0.350 e. The molecule has 2 N–H and O–H groups in total. The number of hydrogen-bond donors (Lipinski definition) is 2. The summed E-state index contributed by atoms with van der Waals surface area (Å²) in [6.07, 6.45) is 10.7. The summed E-state index contributed by atoms with van der Waals surface area (Å²) in [5, 5.41) is 16.3. The van der Waals surface area contributed by atoms with Crippen LogP contribution >= 0.6 is 0 Å². The Balaban J connectivity index is 1.34. The number of rotatable bonds is 6. The van der Waals surface area contributed by atoms with Gasteiger partial charge in [0.2, 0.25) is 11.9 Å². The zero-order valence-electron chi connectivity index (χ0n) is 21.2. The van der Waals surface area contributed by atoms with Crippen LogP contribution < -0.4 is 15.5 Å². The van der Waals surface area contributed by atoms with Crippen LogP contribution in [0.25, 0.3) is 11.3 Å². The van der Waals surface area contributed by atoms with Crippen LogP contribution in [0.15, 0.2) is 48.9 Å². The van der Waals surface area contributed by atoms with Crippen LogP contribution in [0.1, 0.15) is 56.6 Å². The van der Waals surface area contributed by atoms with Crippen LogP contribution in [0.2, 0.25) is 0 Å². The fourth-order valence-electron chi connectivity index (χ4n) is 5.77. The molecule has 0 aliphatic carbocycles. The SMILES string of the molecule is CC(C)c1cnn2c(NCc3ccccc3-n3cccn3)nc(N3CCCC4(CCCNC4)C3)nc12. The Labute approximate surface area is 211 Å². The summed E-state index contributed by atoms with van der Waals surface area (Å²) < 4.78 is 3.76. The molecule has 0 bridgehead atoms. The van der Waals surface area contributed by atoms with Crippen LogP contribution in [0.5, 0.6) is 0 Å². The summed E-state index contributed by atoms with van der Waals surface area (Å²) in [6.45, 7) is 9.20. The van der Waals surface area contributed by atoms with E-state index in [4.69, 9.17) is 9.97 Å². The van der Waals surface area contributed by atoms with Gasteiger partial charge in [-0.05, 0) is 55.8 Å². The van der Waals surface area contributed by atoms with E-state index in [0.29, 0.717) is 17.9 Å². The van der Waals surface area contributed by atoms with Gasteiger partial charge in [-0.25, -0.2) is 4.68 Å². The molecule has 0 radical (unpaired) electrons. The minimum atomic E-state index is 0.323. The minimum absolute atomic E-state index is 0.323. The topological polar surface area (TPSA) is 88.2 Å². The van der Waals surface area contributed by atoms with Gasteiger partial charge in [-0.2, -0.15) is 24.7 Å². The molecule has 1 unspecified atom stereocenters. The van der Waals surface area contributed by atoms with E-state index >= 15 is 0 Å². The lowest BCUT2D eigenvalue weighted by atomic mass is 9.74. The van der Waals surface area contributed by atoms with Gasteiger partial charge in [0.15, 0.2) is 5.65 Å². The standard InChI is InChI=1S/C27H35N9/c1-20(2)22-17-31-36-24(22)32-26(34-14-6-11-27(19-34)10-5-12-28-18-27)33-25(36)29-16-21-8-3-4-9-23(21)35-15-7-13-30-35/h3-4,7-9,13,15,17,20,28H,5-6,10-12,14,16,18-19H2,1-2H3,(H,29,32,33). The molecule has 6 rings (SSSR count). The molecule has 3 aromatic heterocycles. The summed E-state index contributed by atoms with van der Waals surface area (Å²) in [5.41, 5.74) is 4.54. The molecule has 9 nitrogen and oxygen atoms in total. The van der Waals surface area contributed by atoms with Gasteiger partial charge in [-0.15, -0.1) is 0 Å². The van der Waals surface area contributed by atoms with Gasteiger partial charge in [0.1, 0.15) is 0 Å². The van der Waals surface area contributed by atoms with E-state index < -0.39 is 0 Å². The number of aromatic nitrogens is 6. The maximum atomic E-state index is 5.07. The molecular formula is C27H35N9.